The highest BCUT2D eigenvalue weighted by atomic mass is 16.6. The fourth-order valence-corrected chi connectivity index (χ4v) is 2.63. The van der Waals surface area contributed by atoms with Crippen LogP contribution in [0, 0.1) is 33.3 Å². The van der Waals surface area contributed by atoms with Crippen molar-refractivity contribution in [2.45, 2.75) is 39.2 Å². The van der Waals surface area contributed by atoms with Crippen molar-refractivity contribution in [3.05, 3.63) is 33.9 Å². The van der Waals surface area contributed by atoms with Crippen LogP contribution in [0.2, 0.25) is 0 Å². The normalized spacial score (nSPS) is 25.8. The first-order chi connectivity index (χ1) is 9.51. The SMILES string of the molecule is CC1CCC(Oc2ccc([N+](=O)[O-])c(C#N)c2)CC1C. The molecular formula is C15H18N2O3. The second-order valence-corrected chi connectivity index (χ2v) is 5.56. The molecule has 1 aliphatic rings. The van der Waals surface area contributed by atoms with Gasteiger partial charge in [0.15, 0.2) is 0 Å². The summed E-state index contributed by atoms with van der Waals surface area (Å²) >= 11 is 0. The number of nitro groups is 1. The predicted molar refractivity (Wildman–Crippen MR) is 74.4 cm³/mol. The Bertz CT molecular complexity index is 551. The van der Waals surface area contributed by atoms with Gasteiger partial charge in [0.05, 0.1) is 11.0 Å². The molecule has 5 nitrogen and oxygen atoms in total. The smallest absolute Gasteiger partial charge is 0.287 e. The Labute approximate surface area is 118 Å². The minimum atomic E-state index is -0.549. The third-order valence-corrected chi connectivity index (χ3v) is 4.14. The highest BCUT2D eigenvalue weighted by Crippen LogP contribution is 2.32. The summed E-state index contributed by atoms with van der Waals surface area (Å²) in [4.78, 5) is 10.2. The maximum absolute atomic E-state index is 10.8. The van der Waals surface area contributed by atoms with Gasteiger partial charge in [-0.25, -0.2) is 0 Å². The Morgan fingerprint density at radius 1 is 1.35 bits per heavy atom. The van der Waals surface area contributed by atoms with Crippen LogP contribution in [0.5, 0.6) is 5.75 Å². The molecular weight excluding hydrogens is 256 g/mol. The van der Waals surface area contributed by atoms with Gasteiger partial charge in [-0.15, -0.1) is 0 Å². The first kappa shape index (κ1) is 14.3. The highest BCUT2D eigenvalue weighted by molar-refractivity contribution is 5.52. The Morgan fingerprint density at radius 2 is 2.10 bits per heavy atom. The van der Waals surface area contributed by atoms with Gasteiger partial charge in [0.25, 0.3) is 5.69 Å². The van der Waals surface area contributed by atoms with Crippen LogP contribution in [-0.2, 0) is 0 Å². The molecule has 2 rings (SSSR count). The quantitative estimate of drug-likeness (QED) is 0.622. The molecule has 0 saturated heterocycles. The van der Waals surface area contributed by atoms with E-state index in [4.69, 9.17) is 10.00 Å². The summed E-state index contributed by atoms with van der Waals surface area (Å²) in [5, 5.41) is 19.7. The molecule has 0 bridgehead atoms. The largest absolute Gasteiger partial charge is 0.490 e. The first-order valence-corrected chi connectivity index (χ1v) is 6.86. The molecule has 0 aromatic heterocycles. The van der Waals surface area contributed by atoms with E-state index in [9.17, 15) is 10.1 Å². The second-order valence-electron chi connectivity index (χ2n) is 5.56. The molecule has 0 spiro atoms. The van der Waals surface area contributed by atoms with E-state index >= 15 is 0 Å². The van der Waals surface area contributed by atoms with Crippen molar-refractivity contribution >= 4 is 5.69 Å². The van der Waals surface area contributed by atoms with E-state index in [1.165, 1.54) is 12.1 Å². The standard InChI is InChI=1S/C15H18N2O3/c1-10-3-4-13(7-11(10)2)20-14-5-6-15(17(18)19)12(8-14)9-16/h5-6,8,10-11,13H,3-4,7H2,1-2H3. The second kappa shape index (κ2) is 5.91. The van der Waals surface area contributed by atoms with Crippen molar-refractivity contribution in [2.24, 2.45) is 11.8 Å². The van der Waals surface area contributed by atoms with Crippen molar-refractivity contribution in [3.8, 4) is 11.8 Å². The third-order valence-electron chi connectivity index (χ3n) is 4.14. The summed E-state index contributed by atoms with van der Waals surface area (Å²) in [6, 6.07) is 6.22. The van der Waals surface area contributed by atoms with Gasteiger partial charge in [-0.2, -0.15) is 5.26 Å². The molecule has 0 heterocycles. The van der Waals surface area contributed by atoms with Crippen LogP contribution < -0.4 is 4.74 Å². The van der Waals surface area contributed by atoms with Gasteiger partial charge in [0.2, 0.25) is 0 Å². The fourth-order valence-electron chi connectivity index (χ4n) is 2.63. The Morgan fingerprint density at radius 3 is 2.70 bits per heavy atom. The average molecular weight is 274 g/mol. The van der Waals surface area contributed by atoms with Crippen LogP contribution >= 0.6 is 0 Å². The lowest BCUT2D eigenvalue weighted by atomic mass is 9.80. The molecule has 1 aromatic carbocycles. The number of nitro benzene ring substituents is 1. The van der Waals surface area contributed by atoms with Gasteiger partial charge in [-0.3, -0.25) is 10.1 Å². The molecule has 3 unspecified atom stereocenters. The number of nitrogens with zero attached hydrogens (tertiary/aromatic N) is 2. The Kier molecular flexibility index (Phi) is 4.23. The topological polar surface area (TPSA) is 76.2 Å². The Hall–Kier alpha value is -2.09. The highest BCUT2D eigenvalue weighted by Gasteiger charge is 2.26. The van der Waals surface area contributed by atoms with Crippen LogP contribution in [0.1, 0.15) is 38.7 Å². The molecule has 1 fully saturated rings. The number of hydrogen-bond donors (Lipinski definition) is 0. The zero-order chi connectivity index (χ0) is 14.7. The summed E-state index contributed by atoms with van der Waals surface area (Å²) in [6.45, 7) is 4.47. The van der Waals surface area contributed by atoms with Gasteiger partial charge in [-0.05, 0) is 37.2 Å². The van der Waals surface area contributed by atoms with E-state index in [0.29, 0.717) is 17.6 Å². The molecule has 0 radical (unpaired) electrons. The third kappa shape index (κ3) is 3.08. The van der Waals surface area contributed by atoms with Gasteiger partial charge in [-0.1, -0.05) is 13.8 Å². The molecule has 0 aliphatic heterocycles. The molecule has 5 heteroatoms. The number of rotatable bonds is 3. The zero-order valence-electron chi connectivity index (χ0n) is 11.7. The molecule has 0 amide bonds. The minimum absolute atomic E-state index is 0.0460. The number of ether oxygens (including phenoxy) is 1. The van der Waals surface area contributed by atoms with Crippen LogP contribution in [0.25, 0.3) is 0 Å². The summed E-state index contributed by atoms with van der Waals surface area (Å²) in [7, 11) is 0. The van der Waals surface area contributed by atoms with Gasteiger partial charge in [0.1, 0.15) is 17.4 Å². The molecule has 0 N–H and O–H groups in total. The summed E-state index contributed by atoms with van der Waals surface area (Å²) in [5.74, 6) is 1.86. The van der Waals surface area contributed by atoms with Crippen LogP contribution in [0.4, 0.5) is 5.69 Å². The van der Waals surface area contributed by atoms with Crippen molar-refractivity contribution in [1.82, 2.24) is 0 Å². The van der Waals surface area contributed by atoms with E-state index in [-0.39, 0.29) is 17.4 Å². The number of hydrogen-bond acceptors (Lipinski definition) is 4. The first-order valence-electron chi connectivity index (χ1n) is 6.86. The van der Waals surface area contributed by atoms with Crippen molar-refractivity contribution < 1.29 is 9.66 Å². The van der Waals surface area contributed by atoms with Crippen molar-refractivity contribution in [3.63, 3.8) is 0 Å². The fraction of sp³-hybridized carbons (Fsp3) is 0.533. The summed E-state index contributed by atoms with van der Waals surface area (Å²) in [5.41, 5.74) is -0.129. The Balaban J connectivity index is 2.11. The molecule has 20 heavy (non-hydrogen) atoms. The van der Waals surface area contributed by atoms with E-state index < -0.39 is 4.92 Å². The average Bonchev–Trinajstić information content (AvgIpc) is 2.42. The lowest BCUT2D eigenvalue weighted by molar-refractivity contribution is -0.385. The van der Waals surface area contributed by atoms with E-state index in [1.807, 2.05) is 6.07 Å². The monoisotopic (exact) mass is 274 g/mol. The molecule has 106 valence electrons. The van der Waals surface area contributed by atoms with Crippen molar-refractivity contribution in [1.29, 1.82) is 5.26 Å². The minimum Gasteiger partial charge on any atom is -0.490 e. The summed E-state index contributed by atoms with van der Waals surface area (Å²) < 4.78 is 5.88. The summed E-state index contributed by atoms with van der Waals surface area (Å²) in [6.07, 6.45) is 3.24. The molecule has 1 aliphatic carbocycles. The molecule has 1 aromatic rings. The number of benzene rings is 1. The van der Waals surface area contributed by atoms with Gasteiger partial charge in [0, 0.05) is 12.1 Å². The van der Waals surface area contributed by atoms with E-state index in [1.54, 1.807) is 6.07 Å². The lowest BCUT2D eigenvalue weighted by Gasteiger charge is -2.32. The van der Waals surface area contributed by atoms with E-state index in [2.05, 4.69) is 13.8 Å². The van der Waals surface area contributed by atoms with Crippen LogP contribution in [-0.4, -0.2) is 11.0 Å². The van der Waals surface area contributed by atoms with E-state index in [0.717, 1.165) is 19.3 Å². The maximum Gasteiger partial charge on any atom is 0.287 e. The van der Waals surface area contributed by atoms with Gasteiger partial charge >= 0.3 is 0 Å². The molecule has 1 saturated carbocycles. The maximum atomic E-state index is 10.8. The van der Waals surface area contributed by atoms with Gasteiger partial charge < -0.3 is 4.74 Å². The zero-order valence-corrected chi connectivity index (χ0v) is 11.7. The predicted octanol–water partition coefficient (Wildman–Crippen LogP) is 3.67. The number of nitriles is 1. The lowest BCUT2D eigenvalue weighted by Crippen LogP contribution is -2.28. The van der Waals surface area contributed by atoms with Crippen LogP contribution in [0.3, 0.4) is 0 Å². The molecule has 3 atom stereocenters. The van der Waals surface area contributed by atoms with Crippen molar-refractivity contribution in [2.75, 3.05) is 0 Å². The van der Waals surface area contributed by atoms with Crippen LogP contribution in [0.15, 0.2) is 18.2 Å².